The van der Waals surface area contributed by atoms with E-state index in [1.54, 1.807) is 25.0 Å². The van der Waals surface area contributed by atoms with Crippen molar-refractivity contribution in [3.05, 3.63) is 54.4 Å². The fourth-order valence-electron chi connectivity index (χ4n) is 2.47. The third-order valence-corrected chi connectivity index (χ3v) is 3.75. The number of benzene rings is 2. The number of ether oxygens (including phenoxy) is 2. The molecule has 0 spiro atoms. The van der Waals surface area contributed by atoms with Gasteiger partial charge in [-0.2, -0.15) is 0 Å². The minimum Gasteiger partial charge on any atom is -0.497 e. The predicted molar refractivity (Wildman–Crippen MR) is 98.7 cm³/mol. The molecule has 0 aliphatic carbocycles. The molecule has 26 heavy (non-hydrogen) atoms. The van der Waals surface area contributed by atoms with E-state index in [0.717, 1.165) is 16.9 Å². The zero-order chi connectivity index (χ0) is 18.5. The van der Waals surface area contributed by atoms with Gasteiger partial charge in [-0.15, -0.1) is 5.10 Å². The van der Waals surface area contributed by atoms with Gasteiger partial charge in [-0.3, -0.25) is 5.32 Å². The first kappa shape index (κ1) is 17.5. The summed E-state index contributed by atoms with van der Waals surface area (Å²) in [6.45, 7) is 4.03. The highest BCUT2D eigenvalue weighted by Gasteiger charge is 2.12. The number of hydrogen-bond donors (Lipinski definition) is 1. The molecule has 0 bridgehead atoms. The van der Waals surface area contributed by atoms with Crippen LogP contribution < -0.4 is 10.1 Å². The molecule has 0 saturated carbocycles. The molecule has 0 saturated heterocycles. The number of hydrogen-bond acceptors (Lipinski definition) is 5. The molecule has 0 unspecified atom stereocenters. The fourth-order valence-corrected chi connectivity index (χ4v) is 2.47. The molecule has 1 N–H and O–H groups in total. The Labute approximate surface area is 151 Å². The SMILES string of the molecule is CCOC(=O)Nc1ccc(C)cc1-n1cnc(-c2ccc(OC)cc2)n1. The first-order chi connectivity index (χ1) is 12.6. The van der Waals surface area contributed by atoms with Gasteiger partial charge in [-0.05, 0) is 55.8 Å². The zero-order valence-electron chi connectivity index (χ0n) is 14.9. The van der Waals surface area contributed by atoms with E-state index >= 15 is 0 Å². The molecule has 3 aromatic rings. The van der Waals surface area contributed by atoms with E-state index in [4.69, 9.17) is 9.47 Å². The smallest absolute Gasteiger partial charge is 0.411 e. The number of carbonyl (C=O) groups excluding carboxylic acids is 1. The standard InChI is InChI=1S/C19H20N4O3/c1-4-26-19(24)21-16-10-5-13(2)11-17(16)23-12-20-18(22-23)14-6-8-15(25-3)9-7-14/h5-12H,4H2,1-3H3,(H,21,24). The summed E-state index contributed by atoms with van der Waals surface area (Å²) in [6, 6.07) is 13.2. The molecular formula is C19H20N4O3. The van der Waals surface area contributed by atoms with Crippen molar-refractivity contribution in [3.8, 4) is 22.8 Å². The highest BCUT2D eigenvalue weighted by Crippen LogP contribution is 2.24. The summed E-state index contributed by atoms with van der Waals surface area (Å²) in [4.78, 5) is 16.1. The lowest BCUT2D eigenvalue weighted by Gasteiger charge is -2.11. The summed E-state index contributed by atoms with van der Waals surface area (Å²) >= 11 is 0. The van der Waals surface area contributed by atoms with Crippen molar-refractivity contribution >= 4 is 11.8 Å². The normalized spacial score (nSPS) is 10.4. The van der Waals surface area contributed by atoms with Crippen LogP contribution in [0.25, 0.3) is 17.1 Å². The van der Waals surface area contributed by atoms with Crippen LogP contribution in [0.1, 0.15) is 12.5 Å². The number of methoxy groups -OCH3 is 1. The van der Waals surface area contributed by atoms with Gasteiger partial charge in [0.2, 0.25) is 0 Å². The van der Waals surface area contributed by atoms with Gasteiger partial charge in [0.15, 0.2) is 5.82 Å². The van der Waals surface area contributed by atoms with E-state index in [1.165, 1.54) is 0 Å². The van der Waals surface area contributed by atoms with Crippen molar-refractivity contribution in [1.29, 1.82) is 0 Å². The Balaban J connectivity index is 1.92. The van der Waals surface area contributed by atoms with Crippen molar-refractivity contribution in [2.45, 2.75) is 13.8 Å². The molecule has 0 atom stereocenters. The van der Waals surface area contributed by atoms with E-state index in [9.17, 15) is 4.79 Å². The largest absolute Gasteiger partial charge is 0.497 e. The topological polar surface area (TPSA) is 78.3 Å². The first-order valence-corrected chi connectivity index (χ1v) is 8.21. The van der Waals surface area contributed by atoms with Crippen molar-refractivity contribution in [1.82, 2.24) is 14.8 Å². The lowest BCUT2D eigenvalue weighted by atomic mass is 10.2. The Hall–Kier alpha value is -3.35. The third-order valence-electron chi connectivity index (χ3n) is 3.75. The quantitative estimate of drug-likeness (QED) is 0.755. The molecule has 1 heterocycles. The van der Waals surface area contributed by atoms with Gasteiger partial charge in [-0.1, -0.05) is 6.07 Å². The first-order valence-electron chi connectivity index (χ1n) is 8.21. The van der Waals surface area contributed by atoms with Crippen LogP contribution in [0.4, 0.5) is 10.5 Å². The number of amides is 1. The summed E-state index contributed by atoms with van der Waals surface area (Å²) < 4.78 is 11.8. The monoisotopic (exact) mass is 352 g/mol. The van der Waals surface area contributed by atoms with Crippen LogP contribution in [0.3, 0.4) is 0 Å². The summed E-state index contributed by atoms with van der Waals surface area (Å²) in [5.74, 6) is 1.35. The number of rotatable bonds is 5. The van der Waals surface area contributed by atoms with Crippen molar-refractivity contribution in [2.75, 3.05) is 19.0 Å². The summed E-state index contributed by atoms with van der Waals surface area (Å²) in [6.07, 6.45) is 1.11. The minimum atomic E-state index is -0.506. The second-order valence-corrected chi connectivity index (χ2v) is 5.61. The van der Waals surface area contributed by atoms with Crippen LogP contribution in [-0.2, 0) is 4.74 Å². The van der Waals surface area contributed by atoms with Gasteiger partial charge in [0, 0.05) is 5.56 Å². The maximum Gasteiger partial charge on any atom is 0.411 e. The van der Waals surface area contributed by atoms with Crippen LogP contribution in [0.5, 0.6) is 5.75 Å². The van der Waals surface area contributed by atoms with E-state index in [2.05, 4.69) is 15.4 Å². The molecule has 0 radical (unpaired) electrons. The number of nitrogens with zero attached hydrogens (tertiary/aromatic N) is 3. The number of nitrogens with one attached hydrogen (secondary N) is 1. The van der Waals surface area contributed by atoms with Crippen molar-refractivity contribution in [3.63, 3.8) is 0 Å². The Morgan fingerprint density at radius 3 is 2.65 bits per heavy atom. The summed E-state index contributed by atoms with van der Waals surface area (Å²) in [5, 5.41) is 7.27. The van der Waals surface area contributed by atoms with E-state index in [0.29, 0.717) is 23.8 Å². The van der Waals surface area contributed by atoms with E-state index in [-0.39, 0.29) is 0 Å². The van der Waals surface area contributed by atoms with Crippen molar-refractivity contribution in [2.24, 2.45) is 0 Å². The van der Waals surface area contributed by atoms with Crippen LogP contribution in [-0.4, -0.2) is 34.6 Å². The zero-order valence-corrected chi connectivity index (χ0v) is 14.9. The highest BCUT2D eigenvalue weighted by molar-refractivity contribution is 5.87. The van der Waals surface area contributed by atoms with Gasteiger partial charge in [0.25, 0.3) is 0 Å². The molecule has 0 aliphatic heterocycles. The Morgan fingerprint density at radius 2 is 1.96 bits per heavy atom. The molecule has 2 aromatic carbocycles. The average Bonchev–Trinajstić information content (AvgIpc) is 3.13. The van der Waals surface area contributed by atoms with E-state index < -0.39 is 6.09 Å². The third kappa shape index (κ3) is 3.83. The number of anilines is 1. The molecular weight excluding hydrogens is 332 g/mol. The highest BCUT2D eigenvalue weighted by atomic mass is 16.5. The minimum absolute atomic E-state index is 0.304. The maximum absolute atomic E-state index is 11.8. The van der Waals surface area contributed by atoms with Gasteiger partial charge in [0.1, 0.15) is 12.1 Å². The lowest BCUT2D eigenvalue weighted by Crippen LogP contribution is -2.15. The van der Waals surface area contributed by atoms with Gasteiger partial charge in [0.05, 0.1) is 25.1 Å². The second kappa shape index (κ2) is 7.69. The summed E-state index contributed by atoms with van der Waals surface area (Å²) in [7, 11) is 1.62. The molecule has 1 amide bonds. The van der Waals surface area contributed by atoms with Crippen LogP contribution in [0.15, 0.2) is 48.8 Å². The maximum atomic E-state index is 11.8. The number of aryl methyl sites for hydroxylation is 1. The molecule has 0 fully saturated rings. The number of aromatic nitrogens is 3. The second-order valence-electron chi connectivity index (χ2n) is 5.61. The van der Waals surface area contributed by atoms with E-state index in [1.807, 2.05) is 49.4 Å². The Bertz CT molecular complexity index is 903. The van der Waals surface area contributed by atoms with Gasteiger partial charge >= 0.3 is 6.09 Å². The number of carbonyl (C=O) groups is 1. The lowest BCUT2D eigenvalue weighted by molar-refractivity contribution is 0.168. The molecule has 134 valence electrons. The Morgan fingerprint density at radius 1 is 1.19 bits per heavy atom. The molecule has 1 aromatic heterocycles. The van der Waals surface area contributed by atoms with Gasteiger partial charge < -0.3 is 9.47 Å². The molecule has 7 nitrogen and oxygen atoms in total. The van der Waals surface area contributed by atoms with Crippen LogP contribution >= 0.6 is 0 Å². The molecule has 0 aliphatic rings. The van der Waals surface area contributed by atoms with Crippen molar-refractivity contribution < 1.29 is 14.3 Å². The van der Waals surface area contributed by atoms with Crippen LogP contribution in [0, 0.1) is 6.92 Å². The molecule has 7 heteroatoms. The predicted octanol–water partition coefficient (Wildman–Crippen LogP) is 3.82. The van der Waals surface area contributed by atoms with Gasteiger partial charge in [-0.25, -0.2) is 14.5 Å². The fraction of sp³-hybridized carbons (Fsp3) is 0.211. The van der Waals surface area contributed by atoms with Crippen LogP contribution in [0.2, 0.25) is 0 Å². The average molecular weight is 352 g/mol. The molecule has 3 rings (SSSR count). The summed E-state index contributed by atoms with van der Waals surface area (Å²) in [5.41, 5.74) is 3.22. The Kier molecular flexibility index (Phi) is 5.17.